The first-order valence-corrected chi connectivity index (χ1v) is 5.81. The Labute approximate surface area is 109 Å². The van der Waals surface area contributed by atoms with Crippen LogP contribution < -0.4 is 5.49 Å². The molecule has 3 N–H and O–H groups in total. The van der Waals surface area contributed by atoms with Gasteiger partial charge in [-0.05, 0) is 23.6 Å². The molecule has 1 aromatic heterocycles. The molecule has 98 valence electrons. The largest absolute Gasteiger partial charge is 0.478 e. The number of carboxylic acid groups (broad SMARTS) is 1. The van der Waals surface area contributed by atoms with E-state index in [0.29, 0.717) is 16.8 Å². The minimum absolute atomic E-state index is 0.166. The highest BCUT2D eigenvalue weighted by molar-refractivity contribution is 5.92. The lowest BCUT2D eigenvalue weighted by atomic mass is 10.0. The van der Waals surface area contributed by atoms with Gasteiger partial charge in [0.2, 0.25) is 0 Å². The number of rotatable bonds is 3. The van der Waals surface area contributed by atoms with Gasteiger partial charge in [-0.3, -0.25) is 5.41 Å². The van der Waals surface area contributed by atoms with Crippen molar-refractivity contribution in [1.82, 2.24) is 4.68 Å². The Hall–Kier alpha value is -2.50. The molecule has 1 aromatic carbocycles. The number of fused-ring (bicyclic) bond motifs is 1. The van der Waals surface area contributed by atoms with Gasteiger partial charge in [-0.25, -0.2) is 4.79 Å². The second-order valence-corrected chi connectivity index (χ2v) is 4.60. The first kappa shape index (κ1) is 12.9. The molecule has 0 saturated heterocycles. The number of pyridine rings is 1. The number of hydrogen-bond donors (Lipinski definition) is 3. The summed E-state index contributed by atoms with van der Waals surface area (Å²) in [5.74, 6) is -0.894. The summed E-state index contributed by atoms with van der Waals surface area (Å²) in [6.45, 7) is 4.08. The summed E-state index contributed by atoms with van der Waals surface area (Å²) in [6.07, 6.45) is 0. The van der Waals surface area contributed by atoms with Crippen molar-refractivity contribution in [2.45, 2.75) is 19.8 Å². The molecule has 0 unspecified atom stereocenters. The Morgan fingerprint density at radius 3 is 2.58 bits per heavy atom. The van der Waals surface area contributed by atoms with E-state index in [0.717, 1.165) is 10.2 Å². The molecule has 0 radical (unpaired) electrons. The maximum absolute atomic E-state index is 11.1. The lowest BCUT2D eigenvalue weighted by Crippen LogP contribution is -2.24. The third kappa shape index (κ3) is 2.12. The van der Waals surface area contributed by atoms with E-state index in [1.54, 1.807) is 6.07 Å². The number of nitrogens with one attached hydrogen (secondary N) is 2. The summed E-state index contributed by atoms with van der Waals surface area (Å²) in [5, 5.41) is 20.8. The van der Waals surface area contributed by atoms with Crippen LogP contribution in [0.25, 0.3) is 10.9 Å². The van der Waals surface area contributed by atoms with Crippen molar-refractivity contribution in [3.63, 3.8) is 0 Å². The third-order valence-corrected chi connectivity index (χ3v) is 3.05. The van der Waals surface area contributed by atoms with E-state index in [-0.39, 0.29) is 11.1 Å². The molecule has 0 spiro atoms. The van der Waals surface area contributed by atoms with Crippen LogP contribution in [-0.4, -0.2) is 15.8 Å². The fourth-order valence-corrected chi connectivity index (χ4v) is 1.95. The van der Waals surface area contributed by atoms with E-state index < -0.39 is 5.97 Å². The second kappa shape index (κ2) is 4.64. The number of aromatic nitrogens is 1. The Morgan fingerprint density at radius 1 is 1.37 bits per heavy atom. The average molecular weight is 258 g/mol. The smallest absolute Gasteiger partial charge is 0.339 e. The number of benzene rings is 1. The number of aromatic carboxylic acids is 1. The van der Waals surface area contributed by atoms with Crippen molar-refractivity contribution < 1.29 is 9.90 Å². The Bertz CT molecular complexity index is 731. The molecule has 1 heterocycles. The van der Waals surface area contributed by atoms with Crippen LogP contribution in [-0.2, 0) is 0 Å². The monoisotopic (exact) mass is 258 g/mol. The van der Waals surface area contributed by atoms with Crippen molar-refractivity contribution in [3.8, 4) is 0 Å². The summed E-state index contributed by atoms with van der Waals surface area (Å²) >= 11 is 0. The summed E-state index contributed by atoms with van der Waals surface area (Å²) in [6, 6.07) is 6.97. The van der Waals surface area contributed by atoms with Crippen molar-refractivity contribution in [2.75, 3.05) is 0 Å². The van der Waals surface area contributed by atoms with Gasteiger partial charge < -0.3 is 5.11 Å². The molecule has 19 heavy (non-hydrogen) atoms. The predicted octanol–water partition coefficient (Wildman–Crippen LogP) is 2.74. The predicted molar refractivity (Wildman–Crippen MR) is 69.4 cm³/mol. The number of carbonyl (C=O) groups is 1. The van der Waals surface area contributed by atoms with E-state index in [1.165, 1.54) is 6.07 Å². The molecule has 0 saturated carbocycles. The van der Waals surface area contributed by atoms with Gasteiger partial charge in [0.25, 0.3) is 0 Å². The highest BCUT2D eigenvalue weighted by atomic mass is 16.4. The lowest BCUT2D eigenvalue weighted by molar-refractivity contribution is 0.0694. The molecule has 6 nitrogen and oxygen atoms in total. The topological polar surface area (TPSA) is 102 Å². The molecule has 0 bridgehead atoms. The zero-order valence-electron chi connectivity index (χ0n) is 10.6. The Kier molecular flexibility index (Phi) is 3.16. The van der Waals surface area contributed by atoms with Crippen molar-refractivity contribution in [2.24, 2.45) is 5.22 Å². The van der Waals surface area contributed by atoms with Gasteiger partial charge in [0.05, 0.1) is 5.52 Å². The van der Waals surface area contributed by atoms with Crippen LogP contribution in [0, 0.1) is 10.9 Å². The van der Waals surface area contributed by atoms with E-state index >= 15 is 0 Å². The van der Waals surface area contributed by atoms with Gasteiger partial charge in [0.15, 0.2) is 5.49 Å². The van der Waals surface area contributed by atoms with E-state index in [4.69, 9.17) is 16.0 Å². The van der Waals surface area contributed by atoms with E-state index in [2.05, 4.69) is 5.22 Å². The molecule has 0 atom stereocenters. The van der Waals surface area contributed by atoms with Gasteiger partial charge >= 0.3 is 5.97 Å². The van der Waals surface area contributed by atoms with E-state index in [9.17, 15) is 4.79 Å². The van der Waals surface area contributed by atoms with Crippen LogP contribution in [0.1, 0.15) is 35.7 Å². The molecule has 2 aromatic rings. The van der Waals surface area contributed by atoms with Crippen LogP contribution >= 0.6 is 0 Å². The fourth-order valence-electron chi connectivity index (χ4n) is 1.95. The summed E-state index contributed by atoms with van der Waals surface area (Å²) in [7, 11) is 0. The second-order valence-electron chi connectivity index (χ2n) is 4.60. The zero-order valence-corrected chi connectivity index (χ0v) is 10.6. The van der Waals surface area contributed by atoms with Crippen molar-refractivity contribution >= 4 is 16.9 Å². The first-order valence-electron chi connectivity index (χ1n) is 5.81. The molecular formula is C13H14N4O2. The average Bonchev–Trinajstić information content (AvgIpc) is 2.37. The van der Waals surface area contributed by atoms with Gasteiger partial charge in [-0.2, -0.15) is 10.2 Å². The maximum atomic E-state index is 11.1. The Morgan fingerprint density at radius 2 is 2.05 bits per heavy atom. The van der Waals surface area contributed by atoms with Gasteiger partial charge in [-0.15, -0.1) is 0 Å². The summed E-state index contributed by atoms with van der Waals surface area (Å²) < 4.78 is 1.03. The molecule has 6 heteroatoms. The number of carboxylic acids is 1. The lowest BCUT2D eigenvalue weighted by Gasteiger charge is -2.10. The molecule has 0 amide bonds. The molecular weight excluding hydrogens is 244 g/mol. The maximum Gasteiger partial charge on any atom is 0.339 e. The van der Waals surface area contributed by atoms with Crippen LogP contribution in [0.4, 0.5) is 0 Å². The first-order chi connectivity index (χ1) is 8.95. The van der Waals surface area contributed by atoms with Gasteiger partial charge in [0.1, 0.15) is 5.56 Å². The fraction of sp³-hybridized carbons (Fsp3) is 0.231. The summed E-state index contributed by atoms with van der Waals surface area (Å²) in [4.78, 5) is 11.1. The SMILES string of the molecule is CC(C)c1ccc2cc(C(=O)O)c(=N)n(N=N)c2c1. The van der Waals surface area contributed by atoms with Crippen LogP contribution in [0.15, 0.2) is 29.5 Å². The molecule has 0 aliphatic carbocycles. The molecule has 0 aliphatic rings. The van der Waals surface area contributed by atoms with Gasteiger partial charge in [-0.1, -0.05) is 31.2 Å². The van der Waals surface area contributed by atoms with Crippen LogP contribution in [0.5, 0.6) is 0 Å². The standard InChI is InChI=1S/C13H14N4O2/c1-7(2)8-3-4-9-5-10(13(18)19)12(14)17(16-15)11(9)6-8/h3-7,14-15H,1-2H3,(H,18,19). The number of hydrogen-bond acceptors (Lipinski definition) is 4. The van der Waals surface area contributed by atoms with E-state index in [1.807, 2.05) is 26.0 Å². The number of nitrogens with zero attached hydrogens (tertiary/aromatic N) is 2. The highest BCUT2D eigenvalue weighted by Gasteiger charge is 2.13. The zero-order chi connectivity index (χ0) is 14.2. The van der Waals surface area contributed by atoms with Gasteiger partial charge in [0, 0.05) is 5.39 Å². The highest BCUT2D eigenvalue weighted by Crippen LogP contribution is 2.21. The van der Waals surface area contributed by atoms with Crippen LogP contribution in [0.2, 0.25) is 0 Å². The minimum Gasteiger partial charge on any atom is -0.478 e. The molecule has 0 fully saturated rings. The minimum atomic E-state index is -1.20. The summed E-state index contributed by atoms with van der Waals surface area (Å²) in [5.41, 5.74) is 8.31. The quantitative estimate of drug-likeness (QED) is 0.737. The normalized spacial score (nSPS) is 10.9. The molecule has 2 rings (SSSR count). The molecule has 0 aliphatic heterocycles. The third-order valence-electron chi connectivity index (χ3n) is 3.05. The Balaban J connectivity index is 2.90. The van der Waals surface area contributed by atoms with Crippen molar-refractivity contribution in [1.29, 1.82) is 10.9 Å². The van der Waals surface area contributed by atoms with Crippen LogP contribution in [0.3, 0.4) is 0 Å². The van der Waals surface area contributed by atoms with Crippen molar-refractivity contribution in [3.05, 3.63) is 40.9 Å².